The van der Waals surface area contributed by atoms with Crippen LogP contribution in [0.3, 0.4) is 0 Å². The molecule has 4 N–H and O–H groups in total. The third-order valence-electron chi connectivity index (χ3n) is 8.93. The average Bonchev–Trinajstić information content (AvgIpc) is 3.63. The van der Waals surface area contributed by atoms with E-state index in [2.05, 4.69) is 62.6 Å². The van der Waals surface area contributed by atoms with E-state index in [4.69, 9.17) is 27.3 Å². The van der Waals surface area contributed by atoms with Crippen LogP contribution in [0.15, 0.2) is 36.7 Å². The number of aromatic nitrogens is 5. The Morgan fingerprint density at radius 1 is 1.18 bits per heavy atom. The minimum atomic E-state index is 0.0609. The van der Waals surface area contributed by atoms with Crippen molar-refractivity contribution < 1.29 is 0 Å². The first-order valence-electron chi connectivity index (χ1n) is 13.8. The maximum Gasteiger partial charge on any atom is 0.202 e. The minimum Gasteiger partial charge on any atom is -0.378 e. The van der Waals surface area contributed by atoms with Crippen LogP contribution in [0.25, 0.3) is 22.4 Å². The van der Waals surface area contributed by atoms with E-state index in [-0.39, 0.29) is 11.5 Å². The van der Waals surface area contributed by atoms with Crippen LogP contribution in [0.5, 0.6) is 0 Å². The highest BCUT2D eigenvalue weighted by molar-refractivity contribution is 6.35. The predicted octanol–water partition coefficient (Wildman–Crippen LogP) is 4.80. The Labute approximate surface area is 233 Å². The van der Waals surface area contributed by atoms with E-state index in [0.717, 1.165) is 61.9 Å². The predicted molar refractivity (Wildman–Crippen MR) is 156 cm³/mol. The van der Waals surface area contributed by atoms with Gasteiger partial charge in [-0.05, 0) is 72.8 Å². The van der Waals surface area contributed by atoms with Gasteiger partial charge in [0.15, 0.2) is 0 Å². The minimum absolute atomic E-state index is 0.0609. The number of pyridine rings is 1. The van der Waals surface area contributed by atoms with Gasteiger partial charge in [0.25, 0.3) is 0 Å². The summed E-state index contributed by atoms with van der Waals surface area (Å²) in [7, 11) is 4.15. The number of H-pyrrole nitrogens is 1. The van der Waals surface area contributed by atoms with Gasteiger partial charge in [0, 0.05) is 57.2 Å². The number of hydrogen-bond donors (Lipinski definition) is 3. The number of aromatic amines is 1. The first kappa shape index (κ1) is 24.6. The van der Waals surface area contributed by atoms with Crippen molar-refractivity contribution in [1.29, 1.82) is 0 Å². The number of nitrogens with zero attached hydrogens (tertiary/aromatic N) is 6. The average molecular weight is 544 g/mol. The van der Waals surface area contributed by atoms with E-state index in [0.29, 0.717) is 22.0 Å². The standard InChI is InChI=1S/C29H34ClN9/c1-38(2)19-6-5-18-14-29(26(31)21(18)13-19)8-11-39(12-9-29)22-16-33-25-24(36-37-28(25)35-22)20-7-10-32-27(23(20)30)34-15-17-3-4-17/h5-7,10,13,16-17,26H,3-4,8-9,11-12,14-15,31H2,1-2H3,(H,32,34)(H,35,36,37)/t26-/m1/s1. The zero-order chi connectivity index (χ0) is 26.7. The lowest BCUT2D eigenvalue weighted by Gasteiger charge is -2.42. The Kier molecular flexibility index (Phi) is 5.89. The van der Waals surface area contributed by atoms with E-state index < -0.39 is 0 Å². The van der Waals surface area contributed by atoms with Crippen LogP contribution < -0.4 is 20.9 Å². The van der Waals surface area contributed by atoms with Crippen LogP contribution in [0, 0.1) is 11.3 Å². The number of nitrogens with one attached hydrogen (secondary N) is 2. The molecule has 1 spiro atoms. The van der Waals surface area contributed by atoms with Gasteiger partial charge in [0.1, 0.15) is 17.2 Å². The Bertz CT molecular complexity index is 1540. The topological polar surface area (TPSA) is 112 Å². The highest BCUT2D eigenvalue weighted by Gasteiger charge is 2.46. The van der Waals surface area contributed by atoms with Gasteiger partial charge in [-0.1, -0.05) is 17.7 Å². The zero-order valence-corrected chi connectivity index (χ0v) is 23.2. The molecule has 0 amide bonds. The summed E-state index contributed by atoms with van der Waals surface area (Å²) in [5.41, 5.74) is 13.8. The fourth-order valence-corrected chi connectivity index (χ4v) is 6.52. The molecule has 2 aliphatic carbocycles. The number of hydrogen-bond acceptors (Lipinski definition) is 8. The lowest BCUT2D eigenvalue weighted by molar-refractivity contribution is 0.187. The molecule has 2 fully saturated rings. The molecule has 3 aliphatic rings. The number of benzene rings is 1. The summed E-state index contributed by atoms with van der Waals surface area (Å²) in [6, 6.07) is 8.69. The summed E-state index contributed by atoms with van der Waals surface area (Å²) in [4.78, 5) is 18.6. The fraction of sp³-hybridized carbons (Fsp3) is 0.448. The molecule has 9 nitrogen and oxygen atoms in total. The number of fused-ring (bicyclic) bond motifs is 2. The SMILES string of the molecule is CN(C)c1ccc2c(c1)[C@@H](N)C1(CCN(c3cnc4c(-c5ccnc(NCC6CC6)c5Cl)[nH]nc4n3)CC1)C2. The van der Waals surface area contributed by atoms with Crippen molar-refractivity contribution in [3.05, 3.63) is 52.8 Å². The summed E-state index contributed by atoms with van der Waals surface area (Å²) < 4.78 is 0. The van der Waals surface area contributed by atoms with Crippen molar-refractivity contribution in [1.82, 2.24) is 25.1 Å². The molecule has 0 unspecified atom stereocenters. The van der Waals surface area contributed by atoms with E-state index >= 15 is 0 Å². The molecule has 7 rings (SSSR count). The van der Waals surface area contributed by atoms with Crippen molar-refractivity contribution in [2.75, 3.05) is 48.8 Å². The van der Waals surface area contributed by atoms with Crippen LogP contribution in [0.2, 0.25) is 5.02 Å². The molecular weight excluding hydrogens is 510 g/mol. The fourth-order valence-electron chi connectivity index (χ4n) is 6.25. The molecule has 3 aromatic heterocycles. The van der Waals surface area contributed by atoms with Crippen LogP contribution in [0.1, 0.15) is 42.9 Å². The summed E-state index contributed by atoms with van der Waals surface area (Å²) >= 11 is 6.74. The molecule has 10 heteroatoms. The first-order valence-corrected chi connectivity index (χ1v) is 14.2. The molecule has 39 heavy (non-hydrogen) atoms. The van der Waals surface area contributed by atoms with E-state index in [1.165, 1.54) is 29.7 Å². The van der Waals surface area contributed by atoms with Gasteiger partial charge in [0.2, 0.25) is 5.65 Å². The van der Waals surface area contributed by atoms with Gasteiger partial charge in [-0.15, -0.1) is 0 Å². The molecule has 4 heterocycles. The van der Waals surface area contributed by atoms with Gasteiger partial charge < -0.3 is 20.9 Å². The van der Waals surface area contributed by atoms with Crippen molar-refractivity contribution in [2.24, 2.45) is 17.1 Å². The lowest BCUT2D eigenvalue weighted by atomic mass is 9.73. The Morgan fingerprint density at radius 3 is 2.77 bits per heavy atom. The van der Waals surface area contributed by atoms with E-state index in [9.17, 15) is 0 Å². The van der Waals surface area contributed by atoms with Crippen molar-refractivity contribution in [2.45, 2.75) is 38.1 Å². The summed E-state index contributed by atoms with van der Waals surface area (Å²) in [5.74, 6) is 2.27. The number of anilines is 3. The van der Waals surface area contributed by atoms with Crippen molar-refractivity contribution >= 4 is 40.1 Å². The lowest BCUT2D eigenvalue weighted by Crippen LogP contribution is -2.44. The highest BCUT2D eigenvalue weighted by atomic mass is 35.5. The van der Waals surface area contributed by atoms with Gasteiger partial charge >= 0.3 is 0 Å². The quantitative estimate of drug-likeness (QED) is 0.318. The second-order valence-corrected chi connectivity index (χ2v) is 12.0. The molecule has 202 valence electrons. The smallest absolute Gasteiger partial charge is 0.202 e. The zero-order valence-electron chi connectivity index (χ0n) is 22.4. The number of nitrogens with two attached hydrogens (primary N) is 1. The van der Waals surface area contributed by atoms with Crippen molar-refractivity contribution in [3.63, 3.8) is 0 Å². The Balaban J connectivity index is 1.09. The molecule has 4 aromatic rings. The second kappa shape index (κ2) is 9.34. The third-order valence-corrected chi connectivity index (χ3v) is 9.31. The normalized spacial score (nSPS) is 20.0. The summed E-state index contributed by atoms with van der Waals surface area (Å²) in [6.07, 6.45) is 9.24. The van der Waals surface area contributed by atoms with Gasteiger partial charge in [-0.3, -0.25) is 5.10 Å². The number of piperidine rings is 1. The first-order chi connectivity index (χ1) is 18.9. The maximum atomic E-state index is 6.90. The van der Waals surface area contributed by atoms with Crippen LogP contribution >= 0.6 is 11.6 Å². The number of halogens is 1. The largest absolute Gasteiger partial charge is 0.378 e. The highest BCUT2D eigenvalue weighted by Crippen LogP contribution is 2.51. The Hall–Kier alpha value is -3.43. The van der Waals surface area contributed by atoms with Crippen LogP contribution in [-0.2, 0) is 6.42 Å². The molecular formula is C29H34ClN9. The number of rotatable bonds is 6. The molecule has 1 atom stereocenters. The van der Waals surface area contributed by atoms with Gasteiger partial charge in [-0.2, -0.15) is 5.10 Å². The molecule has 0 radical (unpaired) electrons. The van der Waals surface area contributed by atoms with Crippen LogP contribution in [-0.4, -0.2) is 58.9 Å². The van der Waals surface area contributed by atoms with Gasteiger partial charge in [0.05, 0.1) is 16.9 Å². The molecule has 1 aliphatic heterocycles. The molecule has 0 bridgehead atoms. The molecule has 1 aromatic carbocycles. The van der Waals surface area contributed by atoms with E-state index in [1.807, 2.05) is 12.3 Å². The summed E-state index contributed by atoms with van der Waals surface area (Å²) in [6.45, 7) is 2.69. The van der Waals surface area contributed by atoms with Crippen LogP contribution in [0.4, 0.5) is 17.3 Å². The second-order valence-electron chi connectivity index (χ2n) is 11.6. The molecule has 1 saturated carbocycles. The van der Waals surface area contributed by atoms with Gasteiger partial charge in [-0.25, -0.2) is 15.0 Å². The third kappa shape index (κ3) is 4.28. The Morgan fingerprint density at radius 2 is 2.00 bits per heavy atom. The molecule has 1 saturated heterocycles. The maximum absolute atomic E-state index is 6.90. The monoisotopic (exact) mass is 543 g/mol. The van der Waals surface area contributed by atoms with Crippen molar-refractivity contribution in [3.8, 4) is 11.3 Å². The van der Waals surface area contributed by atoms with E-state index in [1.54, 1.807) is 6.20 Å². The summed E-state index contributed by atoms with van der Waals surface area (Å²) in [5, 5.41) is 11.6.